The zero-order valence-electron chi connectivity index (χ0n) is 14.4. The van der Waals surface area contributed by atoms with Crippen molar-refractivity contribution in [3.8, 4) is 0 Å². The molecule has 0 amide bonds. The molecule has 1 fully saturated rings. The van der Waals surface area contributed by atoms with Crippen LogP contribution >= 0.6 is 15.9 Å². The first kappa shape index (κ1) is 15.4. The molecule has 1 spiro atoms. The van der Waals surface area contributed by atoms with E-state index in [1.165, 1.54) is 37.1 Å². The Kier molecular flexibility index (Phi) is 3.42. The van der Waals surface area contributed by atoms with E-state index in [9.17, 15) is 0 Å². The number of anilines is 1. The first-order valence-corrected chi connectivity index (χ1v) is 9.75. The lowest BCUT2D eigenvalue weighted by atomic mass is 9.76. The third-order valence-corrected chi connectivity index (χ3v) is 7.06. The highest BCUT2D eigenvalue weighted by Crippen LogP contribution is 2.45. The summed E-state index contributed by atoms with van der Waals surface area (Å²) in [6.07, 6.45) is 6.82. The third-order valence-electron chi connectivity index (χ3n) is 6.08. The molecular formula is C20H21BrN4. The Morgan fingerprint density at radius 1 is 1.08 bits per heavy atom. The zero-order chi connectivity index (χ0) is 17.0. The first-order chi connectivity index (χ1) is 12.2. The van der Waals surface area contributed by atoms with E-state index >= 15 is 0 Å². The summed E-state index contributed by atoms with van der Waals surface area (Å²) in [6.45, 7) is 4.33. The van der Waals surface area contributed by atoms with Crippen LogP contribution < -0.4 is 4.90 Å². The second kappa shape index (κ2) is 5.56. The minimum atomic E-state index is 0.469. The van der Waals surface area contributed by atoms with Crippen LogP contribution in [0.4, 0.5) is 5.82 Å². The highest BCUT2D eigenvalue weighted by atomic mass is 79.9. The van der Waals surface area contributed by atoms with Gasteiger partial charge in [-0.25, -0.2) is 0 Å². The molecule has 128 valence electrons. The summed E-state index contributed by atoms with van der Waals surface area (Å²) in [4.78, 5) is 2.50. The van der Waals surface area contributed by atoms with Crippen molar-refractivity contribution in [2.45, 2.75) is 32.6 Å². The van der Waals surface area contributed by atoms with E-state index in [1.807, 2.05) is 6.33 Å². The summed E-state index contributed by atoms with van der Waals surface area (Å²) < 4.78 is 3.15. The van der Waals surface area contributed by atoms with Gasteiger partial charge in [-0.15, -0.1) is 10.2 Å². The number of pyridine rings is 1. The van der Waals surface area contributed by atoms with Crippen LogP contribution in [0.25, 0.3) is 5.65 Å². The van der Waals surface area contributed by atoms with Crippen molar-refractivity contribution in [2.75, 3.05) is 18.0 Å². The van der Waals surface area contributed by atoms with Gasteiger partial charge in [-0.1, -0.05) is 24.3 Å². The van der Waals surface area contributed by atoms with Crippen molar-refractivity contribution in [2.24, 2.45) is 5.41 Å². The van der Waals surface area contributed by atoms with E-state index in [0.29, 0.717) is 5.41 Å². The average molecular weight is 397 g/mol. The molecule has 0 N–H and O–H groups in total. The average Bonchev–Trinajstić information content (AvgIpc) is 3.23. The van der Waals surface area contributed by atoms with Gasteiger partial charge in [-0.3, -0.25) is 4.40 Å². The SMILES string of the molecule is Cc1cc(N2CCC3(CC2)Cc2ccccc2C3)n2cnnc2c1Br. The molecule has 1 aromatic carbocycles. The molecule has 5 rings (SSSR count). The molecule has 25 heavy (non-hydrogen) atoms. The number of fused-ring (bicyclic) bond motifs is 2. The second-order valence-corrected chi connectivity index (χ2v) is 8.43. The maximum absolute atomic E-state index is 4.27. The van der Waals surface area contributed by atoms with E-state index in [0.717, 1.165) is 23.2 Å². The lowest BCUT2D eigenvalue weighted by Gasteiger charge is -2.40. The minimum Gasteiger partial charge on any atom is -0.358 e. The van der Waals surface area contributed by atoms with E-state index in [-0.39, 0.29) is 0 Å². The predicted molar refractivity (Wildman–Crippen MR) is 103 cm³/mol. The van der Waals surface area contributed by atoms with Crippen molar-refractivity contribution >= 4 is 27.4 Å². The van der Waals surface area contributed by atoms with Gasteiger partial charge in [0.25, 0.3) is 0 Å². The summed E-state index contributed by atoms with van der Waals surface area (Å²) in [7, 11) is 0. The van der Waals surface area contributed by atoms with Crippen LogP contribution in [0.1, 0.15) is 29.5 Å². The Bertz CT molecular complexity index is 926. The molecule has 5 heteroatoms. The summed E-state index contributed by atoms with van der Waals surface area (Å²) in [5, 5.41) is 8.39. The number of rotatable bonds is 1. The van der Waals surface area contributed by atoms with Crippen molar-refractivity contribution in [1.29, 1.82) is 0 Å². The summed E-state index contributed by atoms with van der Waals surface area (Å²) >= 11 is 3.64. The Balaban J connectivity index is 1.42. The van der Waals surface area contributed by atoms with Crippen LogP contribution in [0, 0.1) is 12.3 Å². The van der Waals surface area contributed by atoms with E-state index in [2.05, 4.69) is 72.7 Å². The first-order valence-electron chi connectivity index (χ1n) is 8.96. The molecule has 0 unspecified atom stereocenters. The fourth-order valence-electron chi connectivity index (χ4n) is 4.64. The van der Waals surface area contributed by atoms with Crippen LogP contribution in [-0.2, 0) is 12.8 Å². The molecule has 3 aromatic rings. The number of aryl methyl sites for hydroxylation is 1. The number of hydrogen-bond acceptors (Lipinski definition) is 3. The van der Waals surface area contributed by atoms with Gasteiger partial charge in [-0.05, 0) is 76.7 Å². The fourth-order valence-corrected chi connectivity index (χ4v) is 5.02. The van der Waals surface area contributed by atoms with Gasteiger partial charge >= 0.3 is 0 Å². The number of aromatic nitrogens is 3. The second-order valence-electron chi connectivity index (χ2n) is 7.63. The van der Waals surface area contributed by atoms with Gasteiger partial charge < -0.3 is 4.90 Å². The largest absolute Gasteiger partial charge is 0.358 e. The van der Waals surface area contributed by atoms with Crippen LogP contribution in [0.2, 0.25) is 0 Å². The number of benzene rings is 1. The lowest BCUT2D eigenvalue weighted by Crippen LogP contribution is -2.41. The maximum atomic E-state index is 4.27. The number of piperidine rings is 1. The number of nitrogens with zero attached hydrogens (tertiary/aromatic N) is 4. The minimum absolute atomic E-state index is 0.469. The van der Waals surface area contributed by atoms with Crippen LogP contribution in [0.3, 0.4) is 0 Å². The summed E-state index contributed by atoms with van der Waals surface area (Å²) in [5.74, 6) is 1.21. The lowest BCUT2D eigenvalue weighted by molar-refractivity contribution is 0.232. The maximum Gasteiger partial charge on any atom is 0.176 e. The molecule has 2 aliphatic rings. The normalized spacial score (nSPS) is 18.9. The van der Waals surface area contributed by atoms with Gasteiger partial charge in [0.05, 0.1) is 4.47 Å². The van der Waals surface area contributed by atoms with Crippen molar-refractivity contribution in [3.05, 3.63) is 57.8 Å². The van der Waals surface area contributed by atoms with Crippen molar-refractivity contribution in [1.82, 2.24) is 14.6 Å². The van der Waals surface area contributed by atoms with Gasteiger partial charge in [0.15, 0.2) is 5.65 Å². The van der Waals surface area contributed by atoms with E-state index in [4.69, 9.17) is 0 Å². The molecule has 4 nitrogen and oxygen atoms in total. The van der Waals surface area contributed by atoms with Crippen LogP contribution in [-0.4, -0.2) is 27.7 Å². The topological polar surface area (TPSA) is 33.4 Å². The number of halogens is 1. The van der Waals surface area contributed by atoms with Gasteiger partial charge in [0.2, 0.25) is 0 Å². The molecular weight excluding hydrogens is 376 g/mol. The fraction of sp³-hybridized carbons (Fsp3) is 0.400. The van der Waals surface area contributed by atoms with Gasteiger partial charge in [0, 0.05) is 13.1 Å². The molecule has 1 saturated heterocycles. The monoisotopic (exact) mass is 396 g/mol. The molecule has 2 aromatic heterocycles. The van der Waals surface area contributed by atoms with Gasteiger partial charge in [0.1, 0.15) is 12.1 Å². The predicted octanol–water partition coefficient (Wildman–Crippen LogP) is 4.19. The Morgan fingerprint density at radius 3 is 2.44 bits per heavy atom. The molecule has 0 bridgehead atoms. The van der Waals surface area contributed by atoms with Crippen molar-refractivity contribution < 1.29 is 0 Å². The summed E-state index contributed by atoms with van der Waals surface area (Å²) in [6, 6.07) is 11.2. The van der Waals surface area contributed by atoms with Crippen LogP contribution in [0.5, 0.6) is 0 Å². The highest BCUT2D eigenvalue weighted by molar-refractivity contribution is 9.10. The quantitative estimate of drug-likeness (QED) is 0.618. The molecule has 3 heterocycles. The Labute approximate surface area is 156 Å². The molecule has 0 radical (unpaired) electrons. The zero-order valence-corrected chi connectivity index (χ0v) is 16.0. The molecule has 0 saturated carbocycles. The third kappa shape index (κ3) is 2.40. The number of hydrogen-bond donors (Lipinski definition) is 0. The molecule has 1 aliphatic carbocycles. The van der Waals surface area contributed by atoms with Crippen molar-refractivity contribution in [3.63, 3.8) is 0 Å². The standard InChI is InChI=1S/C20H21BrN4/c1-14-10-17(25-13-22-23-19(25)18(14)21)24-8-6-20(7-9-24)11-15-4-2-3-5-16(15)12-20/h2-5,10,13H,6-9,11-12H2,1H3. The van der Waals surface area contributed by atoms with Crippen LogP contribution in [0.15, 0.2) is 41.1 Å². The Hall–Kier alpha value is -1.88. The molecule has 0 atom stereocenters. The Morgan fingerprint density at radius 2 is 1.76 bits per heavy atom. The van der Waals surface area contributed by atoms with E-state index in [1.54, 1.807) is 11.1 Å². The smallest absolute Gasteiger partial charge is 0.176 e. The summed E-state index contributed by atoms with van der Waals surface area (Å²) in [5.41, 5.74) is 5.72. The van der Waals surface area contributed by atoms with E-state index < -0.39 is 0 Å². The molecule has 1 aliphatic heterocycles. The highest BCUT2D eigenvalue weighted by Gasteiger charge is 2.40. The van der Waals surface area contributed by atoms with Gasteiger partial charge in [-0.2, -0.15) is 0 Å².